The van der Waals surface area contributed by atoms with Crippen molar-refractivity contribution >= 4 is 29.0 Å². The Morgan fingerprint density at radius 1 is 1.22 bits per heavy atom. The maximum absolute atomic E-state index is 11.8. The van der Waals surface area contributed by atoms with Gasteiger partial charge in [-0.2, -0.15) is 0 Å². The average Bonchev–Trinajstić information content (AvgIpc) is 2.82. The quantitative estimate of drug-likeness (QED) is 0.668. The lowest BCUT2D eigenvalue weighted by Gasteiger charge is -2.03. The number of nitrogens with one attached hydrogen (secondary N) is 1. The molecule has 0 atom stereocenters. The number of thioether (sulfide) groups is 1. The molecule has 0 bridgehead atoms. The van der Waals surface area contributed by atoms with Gasteiger partial charge in [0.15, 0.2) is 0 Å². The fourth-order valence-electron chi connectivity index (χ4n) is 1.49. The Bertz CT molecular complexity index is 508. The first kappa shape index (κ1) is 13.2. The van der Waals surface area contributed by atoms with Gasteiger partial charge in [0.1, 0.15) is 0 Å². The Morgan fingerprint density at radius 3 is 2.67 bits per heavy atom. The summed E-state index contributed by atoms with van der Waals surface area (Å²) in [5.41, 5.74) is 0. The number of hydrogen-bond acceptors (Lipinski definition) is 3. The van der Waals surface area contributed by atoms with Gasteiger partial charge in [0, 0.05) is 22.1 Å². The van der Waals surface area contributed by atoms with Gasteiger partial charge >= 0.3 is 0 Å². The molecule has 0 radical (unpaired) electrons. The van der Waals surface area contributed by atoms with Crippen LogP contribution in [0.1, 0.15) is 14.5 Å². The van der Waals surface area contributed by atoms with Gasteiger partial charge in [0.2, 0.25) is 0 Å². The third-order valence-electron chi connectivity index (χ3n) is 2.36. The molecule has 1 aromatic heterocycles. The van der Waals surface area contributed by atoms with E-state index in [1.54, 1.807) is 11.8 Å². The number of thiophene rings is 1. The normalized spacial score (nSPS) is 10.3. The van der Waals surface area contributed by atoms with Crippen molar-refractivity contribution in [3.63, 3.8) is 0 Å². The zero-order chi connectivity index (χ0) is 12.8. The highest BCUT2D eigenvalue weighted by molar-refractivity contribution is 7.99. The van der Waals surface area contributed by atoms with Crippen LogP contribution in [0.3, 0.4) is 0 Å². The van der Waals surface area contributed by atoms with E-state index in [1.807, 2.05) is 37.3 Å². The summed E-state index contributed by atoms with van der Waals surface area (Å²) in [5.74, 6) is 0.918. The number of benzene rings is 1. The lowest BCUT2D eigenvalue weighted by molar-refractivity contribution is 0.0960. The summed E-state index contributed by atoms with van der Waals surface area (Å²) in [4.78, 5) is 14.9. The standard InChI is InChI=1S/C14H15NOS2/c1-11-7-8-13(18-11)14(16)15-9-10-17-12-5-3-2-4-6-12/h2-8H,9-10H2,1H3,(H,15,16). The van der Waals surface area contributed by atoms with Crippen molar-refractivity contribution in [1.29, 1.82) is 0 Å². The second kappa shape index (κ2) is 6.61. The summed E-state index contributed by atoms with van der Waals surface area (Å²) < 4.78 is 0. The molecular weight excluding hydrogens is 262 g/mol. The summed E-state index contributed by atoms with van der Waals surface area (Å²) >= 11 is 3.28. The molecule has 4 heteroatoms. The van der Waals surface area contributed by atoms with E-state index >= 15 is 0 Å². The summed E-state index contributed by atoms with van der Waals surface area (Å²) in [7, 11) is 0. The average molecular weight is 277 g/mol. The minimum atomic E-state index is 0.0294. The predicted molar refractivity (Wildman–Crippen MR) is 78.6 cm³/mol. The number of carbonyl (C=O) groups is 1. The van der Waals surface area contributed by atoms with Gasteiger partial charge in [-0.25, -0.2) is 0 Å². The van der Waals surface area contributed by atoms with Crippen LogP contribution in [0.5, 0.6) is 0 Å². The van der Waals surface area contributed by atoms with E-state index in [9.17, 15) is 4.79 Å². The Kier molecular flexibility index (Phi) is 4.84. The van der Waals surface area contributed by atoms with Gasteiger partial charge in [0.05, 0.1) is 4.88 Å². The highest BCUT2D eigenvalue weighted by Gasteiger charge is 2.06. The lowest BCUT2D eigenvalue weighted by atomic mass is 10.4. The minimum absolute atomic E-state index is 0.0294. The Labute approximate surface area is 115 Å². The molecule has 0 aliphatic carbocycles. The molecule has 2 aromatic rings. The molecule has 0 aliphatic heterocycles. The van der Waals surface area contributed by atoms with Gasteiger partial charge < -0.3 is 5.32 Å². The van der Waals surface area contributed by atoms with E-state index in [0.717, 1.165) is 10.6 Å². The highest BCUT2D eigenvalue weighted by Crippen LogP contribution is 2.17. The van der Waals surface area contributed by atoms with E-state index in [4.69, 9.17) is 0 Å². The Balaban J connectivity index is 1.71. The third-order valence-corrected chi connectivity index (χ3v) is 4.38. The van der Waals surface area contributed by atoms with Gasteiger partial charge in [-0.15, -0.1) is 23.1 Å². The molecule has 18 heavy (non-hydrogen) atoms. The van der Waals surface area contributed by atoms with Crippen LogP contribution in [0.15, 0.2) is 47.4 Å². The number of hydrogen-bond donors (Lipinski definition) is 1. The summed E-state index contributed by atoms with van der Waals surface area (Å²) in [6, 6.07) is 14.1. The van der Waals surface area contributed by atoms with Crippen molar-refractivity contribution in [2.24, 2.45) is 0 Å². The first-order chi connectivity index (χ1) is 8.75. The molecule has 0 unspecified atom stereocenters. The van der Waals surface area contributed by atoms with Crippen LogP contribution in [0.2, 0.25) is 0 Å². The van der Waals surface area contributed by atoms with Crippen LogP contribution in [0, 0.1) is 6.92 Å². The highest BCUT2D eigenvalue weighted by atomic mass is 32.2. The molecule has 0 saturated carbocycles. The summed E-state index contributed by atoms with van der Waals surface area (Å²) in [5, 5.41) is 2.93. The molecule has 1 aromatic carbocycles. The van der Waals surface area contributed by atoms with Crippen LogP contribution in [-0.4, -0.2) is 18.2 Å². The van der Waals surface area contributed by atoms with Crippen molar-refractivity contribution in [3.05, 3.63) is 52.2 Å². The van der Waals surface area contributed by atoms with Gasteiger partial charge in [0.25, 0.3) is 5.91 Å². The zero-order valence-corrected chi connectivity index (χ0v) is 11.8. The van der Waals surface area contributed by atoms with Crippen LogP contribution < -0.4 is 5.32 Å². The first-order valence-electron chi connectivity index (χ1n) is 5.78. The van der Waals surface area contributed by atoms with Crippen LogP contribution >= 0.6 is 23.1 Å². The maximum atomic E-state index is 11.8. The van der Waals surface area contributed by atoms with Crippen molar-refractivity contribution < 1.29 is 4.79 Å². The fourth-order valence-corrected chi connectivity index (χ4v) is 3.07. The predicted octanol–water partition coefficient (Wildman–Crippen LogP) is 3.58. The fraction of sp³-hybridized carbons (Fsp3) is 0.214. The first-order valence-corrected chi connectivity index (χ1v) is 7.58. The Hall–Kier alpha value is -1.26. The molecule has 0 saturated heterocycles. The molecule has 2 rings (SSSR count). The van der Waals surface area contributed by atoms with Crippen molar-refractivity contribution in [2.45, 2.75) is 11.8 Å². The van der Waals surface area contributed by atoms with E-state index < -0.39 is 0 Å². The third kappa shape index (κ3) is 3.89. The summed E-state index contributed by atoms with van der Waals surface area (Å²) in [6.07, 6.45) is 0. The van der Waals surface area contributed by atoms with Crippen molar-refractivity contribution in [2.75, 3.05) is 12.3 Å². The van der Waals surface area contributed by atoms with Crippen molar-refractivity contribution in [3.8, 4) is 0 Å². The van der Waals surface area contributed by atoms with Crippen molar-refractivity contribution in [1.82, 2.24) is 5.32 Å². The second-order valence-corrected chi connectivity index (χ2v) is 6.28. The minimum Gasteiger partial charge on any atom is -0.350 e. The number of aryl methyl sites for hydroxylation is 1. The van der Waals surface area contributed by atoms with E-state index in [1.165, 1.54) is 21.1 Å². The largest absolute Gasteiger partial charge is 0.350 e. The smallest absolute Gasteiger partial charge is 0.261 e. The molecular formula is C14H15NOS2. The molecule has 94 valence electrons. The van der Waals surface area contributed by atoms with Gasteiger partial charge in [-0.1, -0.05) is 18.2 Å². The number of carbonyl (C=O) groups excluding carboxylic acids is 1. The molecule has 1 amide bonds. The molecule has 0 spiro atoms. The molecule has 1 heterocycles. The lowest BCUT2D eigenvalue weighted by Crippen LogP contribution is -2.24. The number of amides is 1. The van der Waals surface area contributed by atoms with Gasteiger partial charge in [-0.05, 0) is 31.2 Å². The molecule has 1 N–H and O–H groups in total. The van der Waals surface area contributed by atoms with E-state index in [2.05, 4.69) is 17.4 Å². The molecule has 0 aliphatic rings. The monoisotopic (exact) mass is 277 g/mol. The molecule has 2 nitrogen and oxygen atoms in total. The molecule has 0 fully saturated rings. The summed E-state index contributed by atoms with van der Waals surface area (Å²) in [6.45, 7) is 2.70. The topological polar surface area (TPSA) is 29.1 Å². The van der Waals surface area contributed by atoms with Crippen LogP contribution in [0.25, 0.3) is 0 Å². The Morgan fingerprint density at radius 2 is 2.00 bits per heavy atom. The maximum Gasteiger partial charge on any atom is 0.261 e. The van der Waals surface area contributed by atoms with E-state index in [-0.39, 0.29) is 5.91 Å². The second-order valence-electron chi connectivity index (χ2n) is 3.83. The van der Waals surface area contributed by atoms with Crippen LogP contribution in [-0.2, 0) is 0 Å². The zero-order valence-electron chi connectivity index (χ0n) is 10.2. The van der Waals surface area contributed by atoms with Gasteiger partial charge in [-0.3, -0.25) is 4.79 Å². The van der Waals surface area contributed by atoms with E-state index in [0.29, 0.717) is 6.54 Å². The SMILES string of the molecule is Cc1ccc(C(=O)NCCSc2ccccc2)s1. The van der Waals surface area contributed by atoms with Crippen LogP contribution in [0.4, 0.5) is 0 Å². The number of rotatable bonds is 5.